The Hall–Kier alpha value is -3.27. The third-order valence-corrected chi connectivity index (χ3v) is 4.11. The van der Waals surface area contributed by atoms with Gasteiger partial charge in [0.25, 0.3) is 5.91 Å². The molecule has 1 atom stereocenters. The first-order valence-corrected chi connectivity index (χ1v) is 7.93. The molecule has 0 spiro atoms. The molecule has 1 fully saturated rings. The summed E-state index contributed by atoms with van der Waals surface area (Å²) in [5.74, 6) is 1.40. The number of benzene rings is 1. The molecule has 0 N–H and O–H groups in total. The number of pyridine rings is 1. The van der Waals surface area contributed by atoms with Crippen LogP contribution in [0.25, 0.3) is 0 Å². The summed E-state index contributed by atoms with van der Waals surface area (Å²) in [6.45, 7) is 1.06. The van der Waals surface area contributed by atoms with Crippen LogP contribution < -0.4 is 14.2 Å². The van der Waals surface area contributed by atoms with Crippen LogP contribution in [0.1, 0.15) is 5.56 Å². The number of rotatable bonds is 3. The summed E-state index contributed by atoms with van der Waals surface area (Å²) in [7, 11) is 0. The molecule has 0 aliphatic carbocycles. The van der Waals surface area contributed by atoms with Crippen LogP contribution in [0, 0.1) is 11.3 Å². The molecular formula is C18H15N3O4. The zero-order chi connectivity index (χ0) is 17.2. The summed E-state index contributed by atoms with van der Waals surface area (Å²) in [4.78, 5) is 18.2. The normalized spacial score (nSPS) is 18.8. The summed E-state index contributed by atoms with van der Waals surface area (Å²) >= 11 is 0. The van der Waals surface area contributed by atoms with Crippen LogP contribution in [0.15, 0.2) is 42.6 Å². The van der Waals surface area contributed by atoms with Crippen molar-refractivity contribution in [1.82, 2.24) is 9.88 Å². The summed E-state index contributed by atoms with van der Waals surface area (Å²) in [5, 5.41) is 9.05. The van der Waals surface area contributed by atoms with Gasteiger partial charge in [-0.1, -0.05) is 12.1 Å². The predicted octanol–water partition coefficient (Wildman–Crippen LogP) is 1.38. The second-order valence-corrected chi connectivity index (χ2v) is 5.82. The van der Waals surface area contributed by atoms with Crippen molar-refractivity contribution < 1.29 is 19.0 Å². The van der Waals surface area contributed by atoms with Crippen LogP contribution in [0.5, 0.6) is 17.4 Å². The van der Waals surface area contributed by atoms with Crippen LogP contribution in [-0.2, 0) is 4.79 Å². The molecule has 1 amide bonds. The van der Waals surface area contributed by atoms with Crippen molar-refractivity contribution in [2.45, 2.75) is 12.2 Å². The molecule has 1 aromatic heterocycles. The van der Waals surface area contributed by atoms with E-state index in [-0.39, 0.29) is 18.6 Å². The van der Waals surface area contributed by atoms with Crippen LogP contribution in [0.3, 0.4) is 0 Å². The molecule has 1 saturated heterocycles. The maximum atomic E-state index is 12.5. The van der Waals surface area contributed by atoms with Gasteiger partial charge in [0, 0.05) is 6.20 Å². The molecule has 126 valence electrons. The standard InChI is InChI=1S/C18H15N3O4/c19-8-12-4-3-7-20-17(12)24-13-9-21(10-13)18(22)16-11-23-14-5-1-2-6-15(14)25-16/h1-7,13,16H,9-11H2. The molecule has 2 aliphatic rings. The maximum Gasteiger partial charge on any atom is 0.267 e. The Morgan fingerprint density at radius 3 is 2.84 bits per heavy atom. The summed E-state index contributed by atoms with van der Waals surface area (Å²) in [6.07, 6.45) is 0.741. The van der Waals surface area contributed by atoms with Gasteiger partial charge in [-0.05, 0) is 24.3 Å². The second-order valence-electron chi connectivity index (χ2n) is 5.82. The molecule has 1 unspecified atom stereocenters. The van der Waals surface area contributed by atoms with E-state index in [0.29, 0.717) is 36.0 Å². The second kappa shape index (κ2) is 6.32. The highest BCUT2D eigenvalue weighted by atomic mass is 16.6. The number of nitriles is 1. The average molecular weight is 337 g/mol. The van der Waals surface area contributed by atoms with Crippen molar-refractivity contribution >= 4 is 5.91 Å². The Bertz CT molecular complexity index is 842. The topological polar surface area (TPSA) is 84.7 Å². The number of hydrogen-bond acceptors (Lipinski definition) is 6. The Labute approximate surface area is 144 Å². The number of nitrogens with zero attached hydrogens (tertiary/aromatic N) is 3. The van der Waals surface area contributed by atoms with Gasteiger partial charge in [-0.25, -0.2) is 4.98 Å². The Morgan fingerprint density at radius 1 is 1.24 bits per heavy atom. The van der Waals surface area contributed by atoms with Crippen molar-refractivity contribution in [3.05, 3.63) is 48.2 Å². The smallest absolute Gasteiger partial charge is 0.267 e. The van der Waals surface area contributed by atoms with Gasteiger partial charge in [-0.2, -0.15) is 5.26 Å². The molecule has 25 heavy (non-hydrogen) atoms. The Morgan fingerprint density at radius 2 is 2.04 bits per heavy atom. The fourth-order valence-electron chi connectivity index (χ4n) is 2.77. The van der Waals surface area contributed by atoms with Crippen LogP contribution >= 0.6 is 0 Å². The maximum absolute atomic E-state index is 12.5. The minimum Gasteiger partial charge on any atom is -0.485 e. The van der Waals surface area contributed by atoms with Crippen molar-refractivity contribution in [2.75, 3.05) is 19.7 Å². The molecule has 0 bridgehead atoms. The van der Waals surface area contributed by atoms with Crippen molar-refractivity contribution in [3.63, 3.8) is 0 Å². The molecule has 2 aliphatic heterocycles. The Kier molecular flexibility index (Phi) is 3.86. The van der Waals surface area contributed by atoms with Crippen LogP contribution in [0.4, 0.5) is 0 Å². The SMILES string of the molecule is N#Cc1cccnc1OC1CN(C(=O)C2COc3ccccc3O2)C1. The number of amides is 1. The first-order chi connectivity index (χ1) is 12.2. The van der Waals surface area contributed by atoms with E-state index < -0.39 is 6.10 Å². The van der Waals surface area contributed by atoms with Gasteiger partial charge >= 0.3 is 0 Å². The number of ether oxygens (including phenoxy) is 3. The summed E-state index contributed by atoms with van der Waals surface area (Å²) < 4.78 is 17.0. The highest BCUT2D eigenvalue weighted by molar-refractivity contribution is 5.82. The van der Waals surface area contributed by atoms with Crippen molar-refractivity contribution in [1.29, 1.82) is 5.26 Å². The van der Waals surface area contributed by atoms with Gasteiger partial charge < -0.3 is 19.1 Å². The van der Waals surface area contributed by atoms with E-state index in [4.69, 9.17) is 19.5 Å². The molecule has 1 aromatic carbocycles. The lowest BCUT2D eigenvalue weighted by atomic mass is 10.1. The van der Waals surface area contributed by atoms with Gasteiger partial charge in [0.05, 0.1) is 13.1 Å². The molecule has 3 heterocycles. The number of likely N-dealkylation sites (tertiary alicyclic amines) is 1. The third-order valence-electron chi connectivity index (χ3n) is 4.11. The van der Waals surface area contributed by atoms with Gasteiger partial charge in [-0.3, -0.25) is 4.79 Å². The van der Waals surface area contributed by atoms with Gasteiger partial charge in [0.2, 0.25) is 12.0 Å². The number of aromatic nitrogens is 1. The van der Waals surface area contributed by atoms with E-state index in [2.05, 4.69) is 4.98 Å². The number of carbonyl (C=O) groups is 1. The zero-order valence-electron chi connectivity index (χ0n) is 13.3. The van der Waals surface area contributed by atoms with Crippen molar-refractivity contribution in [3.8, 4) is 23.4 Å². The van der Waals surface area contributed by atoms with E-state index in [1.807, 2.05) is 24.3 Å². The monoisotopic (exact) mass is 337 g/mol. The molecule has 4 rings (SSSR count). The van der Waals surface area contributed by atoms with Gasteiger partial charge in [0.15, 0.2) is 11.5 Å². The quantitative estimate of drug-likeness (QED) is 0.841. The van der Waals surface area contributed by atoms with Gasteiger partial charge in [-0.15, -0.1) is 0 Å². The molecular weight excluding hydrogens is 322 g/mol. The number of para-hydroxylation sites is 2. The predicted molar refractivity (Wildman–Crippen MR) is 86.3 cm³/mol. The van der Waals surface area contributed by atoms with Crippen molar-refractivity contribution in [2.24, 2.45) is 0 Å². The molecule has 2 aromatic rings. The fraction of sp³-hybridized carbons (Fsp3) is 0.278. The molecule has 0 saturated carbocycles. The molecule has 7 nitrogen and oxygen atoms in total. The highest BCUT2D eigenvalue weighted by Crippen LogP contribution is 2.31. The van der Waals surface area contributed by atoms with E-state index in [0.717, 1.165) is 0 Å². The van der Waals surface area contributed by atoms with Crippen LogP contribution in [0.2, 0.25) is 0 Å². The average Bonchev–Trinajstić information content (AvgIpc) is 2.63. The number of fused-ring (bicyclic) bond motifs is 1. The molecule has 7 heteroatoms. The first kappa shape index (κ1) is 15.3. The lowest BCUT2D eigenvalue weighted by Gasteiger charge is -2.40. The first-order valence-electron chi connectivity index (χ1n) is 7.93. The van der Waals surface area contributed by atoms with Gasteiger partial charge in [0.1, 0.15) is 24.3 Å². The van der Waals surface area contributed by atoms with E-state index in [9.17, 15) is 4.79 Å². The summed E-state index contributed by atoms with van der Waals surface area (Å²) in [5.41, 5.74) is 0.382. The number of hydrogen-bond donors (Lipinski definition) is 0. The van der Waals surface area contributed by atoms with E-state index in [1.165, 1.54) is 0 Å². The van der Waals surface area contributed by atoms with E-state index >= 15 is 0 Å². The molecule has 0 radical (unpaired) electrons. The number of carbonyl (C=O) groups excluding carboxylic acids is 1. The fourth-order valence-corrected chi connectivity index (χ4v) is 2.77. The highest BCUT2D eigenvalue weighted by Gasteiger charge is 2.39. The third kappa shape index (κ3) is 2.94. The van der Waals surface area contributed by atoms with Crippen LogP contribution in [-0.4, -0.2) is 47.7 Å². The Balaban J connectivity index is 1.34. The minimum absolute atomic E-state index is 0.129. The largest absolute Gasteiger partial charge is 0.485 e. The lowest BCUT2D eigenvalue weighted by Crippen LogP contribution is -2.60. The summed E-state index contributed by atoms with van der Waals surface area (Å²) in [6, 6.07) is 12.6. The van der Waals surface area contributed by atoms with E-state index in [1.54, 1.807) is 29.3 Å². The lowest BCUT2D eigenvalue weighted by molar-refractivity contribution is -0.150. The zero-order valence-corrected chi connectivity index (χ0v) is 13.3. The minimum atomic E-state index is -0.652.